The summed E-state index contributed by atoms with van der Waals surface area (Å²) in [5.41, 5.74) is -1.81. The Morgan fingerprint density at radius 1 is 0.814 bits per heavy atom. The average Bonchev–Trinajstić information content (AvgIpc) is 3.29. The van der Waals surface area contributed by atoms with Gasteiger partial charge in [0, 0.05) is 21.9 Å². The number of hydrogen-bond acceptors (Lipinski definition) is 6. The van der Waals surface area contributed by atoms with Gasteiger partial charge in [-0.2, -0.15) is 13.2 Å². The van der Waals surface area contributed by atoms with E-state index in [1.807, 2.05) is 0 Å². The first-order chi connectivity index (χ1) is 20.1. The quantitative estimate of drug-likeness (QED) is 0.0624. The summed E-state index contributed by atoms with van der Waals surface area (Å²) in [5.74, 6) is -3.41. The lowest BCUT2D eigenvalue weighted by Crippen LogP contribution is -2.18. The van der Waals surface area contributed by atoms with Gasteiger partial charge in [-0.15, -0.1) is 13.2 Å². The van der Waals surface area contributed by atoms with Crippen LogP contribution in [0.3, 0.4) is 0 Å². The largest absolute Gasteiger partial charge is 0.573 e. The highest BCUT2D eigenvalue weighted by molar-refractivity contribution is 6.10. The zero-order valence-electron chi connectivity index (χ0n) is 22.9. The van der Waals surface area contributed by atoms with E-state index in [-0.39, 0.29) is 39.7 Å². The maximum Gasteiger partial charge on any atom is 0.573 e. The molecule has 4 rings (SSSR count). The first kappa shape index (κ1) is 31.2. The van der Waals surface area contributed by atoms with Crippen LogP contribution in [0.25, 0.3) is 33.1 Å². The first-order valence-electron chi connectivity index (χ1n) is 12.7. The fourth-order valence-electron chi connectivity index (χ4n) is 4.28. The van der Waals surface area contributed by atoms with Crippen molar-refractivity contribution in [2.24, 2.45) is 0 Å². The molecule has 0 saturated heterocycles. The van der Waals surface area contributed by atoms with Crippen molar-refractivity contribution in [3.63, 3.8) is 0 Å². The highest BCUT2D eigenvalue weighted by atomic mass is 19.4. The standard InChI is InChI=1S/C31H24F6O6/c1-16(2)28(38)40-15-5-6-18-7-9-19(10-8-18)20-11-12-21-22-13-14-23(41-29(39)17(3)4)27(43-31(35,36)37)26(22)42-25(21)24(20)30(32,33)34/h7-14H,1,3,5-6,15H2,2,4H3. The van der Waals surface area contributed by atoms with E-state index in [0.29, 0.717) is 12.8 Å². The molecule has 0 fully saturated rings. The van der Waals surface area contributed by atoms with Gasteiger partial charge in [0.25, 0.3) is 0 Å². The summed E-state index contributed by atoms with van der Waals surface area (Å²) in [6.45, 7) is 9.77. The van der Waals surface area contributed by atoms with E-state index in [4.69, 9.17) is 13.9 Å². The van der Waals surface area contributed by atoms with Crippen molar-refractivity contribution in [3.8, 4) is 22.6 Å². The van der Waals surface area contributed by atoms with E-state index in [0.717, 1.165) is 11.6 Å². The summed E-state index contributed by atoms with van der Waals surface area (Å²) in [5, 5.41) is -0.249. The number of fused-ring (bicyclic) bond motifs is 3. The maximum absolute atomic E-state index is 14.5. The van der Waals surface area contributed by atoms with Gasteiger partial charge in [0.1, 0.15) is 11.1 Å². The molecular formula is C31H24F6O6. The lowest BCUT2D eigenvalue weighted by atomic mass is 9.95. The van der Waals surface area contributed by atoms with Crippen molar-refractivity contribution in [1.29, 1.82) is 0 Å². The molecule has 4 aromatic rings. The lowest BCUT2D eigenvalue weighted by Gasteiger charge is -2.14. The predicted molar refractivity (Wildman–Crippen MR) is 145 cm³/mol. The predicted octanol–water partition coefficient (Wildman–Crippen LogP) is 8.70. The molecule has 43 heavy (non-hydrogen) atoms. The molecule has 0 aliphatic carbocycles. The Morgan fingerprint density at radius 3 is 2.00 bits per heavy atom. The van der Waals surface area contributed by atoms with Crippen molar-refractivity contribution in [1.82, 2.24) is 0 Å². The molecule has 0 aliphatic heterocycles. The lowest BCUT2D eigenvalue weighted by molar-refractivity contribution is -0.274. The number of furan rings is 1. The summed E-state index contributed by atoms with van der Waals surface area (Å²) in [6, 6.07) is 10.8. The number of carbonyl (C=O) groups is 2. The number of halogens is 6. The summed E-state index contributed by atoms with van der Waals surface area (Å²) in [4.78, 5) is 23.5. The Bertz CT molecular complexity index is 1730. The topological polar surface area (TPSA) is 75.0 Å². The van der Waals surface area contributed by atoms with Crippen LogP contribution in [0.1, 0.15) is 31.4 Å². The normalized spacial score (nSPS) is 11.9. The van der Waals surface area contributed by atoms with Crippen LogP contribution >= 0.6 is 0 Å². The van der Waals surface area contributed by atoms with Gasteiger partial charge >= 0.3 is 24.5 Å². The van der Waals surface area contributed by atoms with Crippen molar-refractivity contribution in [2.75, 3.05) is 6.61 Å². The Morgan fingerprint density at radius 2 is 1.42 bits per heavy atom. The van der Waals surface area contributed by atoms with Crippen molar-refractivity contribution < 1.29 is 54.6 Å². The van der Waals surface area contributed by atoms with Crippen molar-refractivity contribution in [2.45, 2.75) is 39.2 Å². The van der Waals surface area contributed by atoms with Crippen LogP contribution < -0.4 is 9.47 Å². The number of alkyl halides is 6. The summed E-state index contributed by atoms with van der Waals surface area (Å²) in [7, 11) is 0. The molecule has 1 aromatic heterocycles. The molecule has 0 atom stereocenters. The van der Waals surface area contributed by atoms with E-state index < -0.39 is 52.7 Å². The molecule has 0 spiro atoms. The van der Waals surface area contributed by atoms with Crippen LogP contribution in [-0.2, 0) is 26.9 Å². The molecule has 226 valence electrons. The van der Waals surface area contributed by atoms with E-state index in [1.54, 1.807) is 12.1 Å². The average molecular weight is 607 g/mol. The minimum absolute atomic E-state index is 0.121. The Hall–Kier alpha value is -4.74. The van der Waals surface area contributed by atoms with E-state index >= 15 is 0 Å². The van der Waals surface area contributed by atoms with Crippen molar-refractivity contribution >= 4 is 33.9 Å². The summed E-state index contributed by atoms with van der Waals surface area (Å²) in [6.07, 6.45) is -9.31. The van der Waals surface area contributed by atoms with Gasteiger partial charge in [0.15, 0.2) is 11.3 Å². The molecule has 12 heteroatoms. The van der Waals surface area contributed by atoms with Gasteiger partial charge in [0.05, 0.1) is 6.61 Å². The van der Waals surface area contributed by atoms with Crippen LogP contribution in [0, 0.1) is 0 Å². The van der Waals surface area contributed by atoms with E-state index in [9.17, 15) is 35.9 Å². The second kappa shape index (κ2) is 11.9. The third-order valence-corrected chi connectivity index (χ3v) is 6.24. The highest BCUT2D eigenvalue weighted by Gasteiger charge is 2.39. The Balaban J connectivity index is 1.78. The minimum Gasteiger partial charge on any atom is -0.462 e. The van der Waals surface area contributed by atoms with Gasteiger partial charge in [-0.05, 0) is 61.6 Å². The summed E-state index contributed by atoms with van der Waals surface area (Å²) < 4.78 is 103. The zero-order valence-corrected chi connectivity index (χ0v) is 22.9. The monoisotopic (exact) mass is 606 g/mol. The maximum atomic E-state index is 14.5. The number of ether oxygens (including phenoxy) is 3. The second-order valence-corrected chi connectivity index (χ2v) is 9.67. The molecule has 0 amide bonds. The molecule has 0 bridgehead atoms. The number of esters is 2. The van der Waals surface area contributed by atoms with Crippen molar-refractivity contribution in [3.05, 3.63) is 84.0 Å². The SMILES string of the molecule is C=C(C)C(=O)OCCCc1ccc(-c2ccc3c(oc4c(OC(F)(F)F)c(OC(=O)C(=C)C)ccc43)c2C(F)(F)F)cc1. The molecule has 6 nitrogen and oxygen atoms in total. The van der Waals surface area contributed by atoms with Crippen LogP contribution in [0.5, 0.6) is 11.5 Å². The van der Waals surface area contributed by atoms with Gasteiger partial charge in [-0.25, -0.2) is 9.59 Å². The highest BCUT2D eigenvalue weighted by Crippen LogP contribution is 2.48. The Labute approximate surface area is 241 Å². The van der Waals surface area contributed by atoms with Gasteiger partial charge < -0.3 is 18.6 Å². The van der Waals surface area contributed by atoms with Crippen LogP contribution in [0.4, 0.5) is 26.3 Å². The first-order valence-corrected chi connectivity index (χ1v) is 12.7. The van der Waals surface area contributed by atoms with Gasteiger partial charge in [0.2, 0.25) is 5.75 Å². The number of aryl methyl sites for hydroxylation is 1. The molecule has 0 N–H and O–H groups in total. The number of benzene rings is 3. The smallest absolute Gasteiger partial charge is 0.462 e. The van der Waals surface area contributed by atoms with Crippen LogP contribution in [0.15, 0.2) is 77.3 Å². The van der Waals surface area contributed by atoms with E-state index in [1.165, 1.54) is 44.2 Å². The fourth-order valence-corrected chi connectivity index (χ4v) is 4.28. The molecule has 0 saturated carbocycles. The molecule has 0 aliphatic rings. The van der Waals surface area contributed by atoms with Crippen LogP contribution in [0.2, 0.25) is 0 Å². The second-order valence-electron chi connectivity index (χ2n) is 9.67. The molecule has 1 heterocycles. The number of hydrogen-bond donors (Lipinski definition) is 0. The molecule has 0 radical (unpaired) electrons. The van der Waals surface area contributed by atoms with Gasteiger partial charge in [-0.3, -0.25) is 0 Å². The number of carbonyl (C=O) groups excluding carboxylic acids is 2. The van der Waals surface area contributed by atoms with Crippen LogP contribution in [-0.4, -0.2) is 24.9 Å². The Kier molecular flexibility index (Phi) is 8.61. The third kappa shape index (κ3) is 7.02. The summed E-state index contributed by atoms with van der Waals surface area (Å²) >= 11 is 0. The molecular weight excluding hydrogens is 582 g/mol. The zero-order chi connectivity index (χ0) is 31.7. The fraction of sp³-hybridized carbons (Fsp3) is 0.226. The number of rotatable bonds is 9. The van der Waals surface area contributed by atoms with Gasteiger partial charge in [-0.1, -0.05) is 43.5 Å². The molecule has 3 aromatic carbocycles. The molecule has 0 unspecified atom stereocenters. The van der Waals surface area contributed by atoms with E-state index in [2.05, 4.69) is 17.9 Å². The minimum atomic E-state index is -5.29. The third-order valence-electron chi connectivity index (χ3n) is 6.24.